The number of anilines is 1. The third kappa shape index (κ3) is 3.05. The first-order chi connectivity index (χ1) is 9.63. The number of ether oxygens (including phenoxy) is 1. The molecular formula is C15H12Br3NO. The van der Waals surface area contributed by atoms with E-state index in [4.69, 9.17) is 4.74 Å². The third-order valence-electron chi connectivity index (χ3n) is 3.22. The second kappa shape index (κ2) is 6.08. The van der Waals surface area contributed by atoms with Gasteiger partial charge in [0.2, 0.25) is 0 Å². The van der Waals surface area contributed by atoms with Crippen LogP contribution in [0.4, 0.5) is 5.69 Å². The van der Waals surface area contributed by atoms with Crippen LogP contribution in [0.15, 0.2) is 43.7 Å². The van der Waals surface area contributed by atoms with E-state index < -0.39 is 0 Å². The normalized spacial score (nSPS) is 12.9. The van der Waals surface area contributed by atoms with Crippen LogP contribution in [0.3, 0.4) is 0 Å². The summed E-state index contributed by atoms with van der Waals surface area (Å²) in [6.07, 6.45) is 0.988. The second-order valence-corrected chi connectivity index (χ2v) is 7.32. The summed E-state index contributed by atoms with van der Waals surface area (Å²) in [6, 6.07) is 10.3. The summed E-state index contributed by atoms with van der Waals surface area (Å²) in [7, 11) is 0. The van der Waals surface area contributed by atoms with Crippen LogP contribution < -0.4 is 10.1 Å². The van der Waals surface area contributed by atoms with E-state index >= 15 is 0 Å². The highest BCUT2D eigenvalue weighted by Crippen LogP contribution is 2.34. The van der Waals surface area contributed by atoms with Gasteiger partial charge in [-0.2, -0.15) is 0 Å². The van der Waals surface area contributed by atoms with Gasteiger partial charge in [0.15, 0.2) is 0 Å². The molecule has 1 aliphatic heterocycles. The van der Waals surface area contributed by atoms with Crippen LogP contribution in [0.5, 0.6) is 5.75 Å². The highest BCUT2D eigenvalue weighted by Gasteiger charge is 2.17. The maximum Gasteiger partial charge on any atom is 0.127 e. The Labute approximate surface area is 143 Å². The van der Waals surface area contributed by atoms with Crippen LogP contribution in [0, 0.1) is 0 Å². The zero-order valence-corrected chi connectivity index (χ0v) is 15.3. The number of hydrogen-bond donors (Lipinski definition) is 1. The van der Waals surface area contributed by atoms with Gasteiger partial charge in [-0.25, -0.2) is 0 Å². The molecule has 0 amide bonds. The van der Waals surface area contributed by atoms with Crippen LogP contribution in [-0.2, 0) is 13.0 Å². The van der Waals surface area contributed by atoms with Crippen molar-refractivity contribution in [2.45, 2.75) is 13.0 Å². The SMILES string of the molecule is Brc1cc2c(c(CNc3cc(Br)ccc3Br)c1)OCC2. The molecular weight excluding hydrogens is 450 g/mol. The minimum Gasteiger partial charge on any atom is -0.493 e. The van der Waals surface area contributed by atoms with Gasteiger partial charge in [-0.15, -0.1) is 0 Å². The largest absolute Gasteiger partial charge is 0.493 e. The Morgan fingerprint density at radius 2 is 1.90 bits per heavy atom. The Morgan fingerprint density at radius 1 is 1.05 bits per heavy atom. The molecule has 0 fully saturated rings. The lowest BCUT2D eigenvalue weighted by molar-refractivity contribution is 0.354. The molecule has 1 N–H and O–H groups in total. The summed E-state index contributed by atoms with van der Waals surface area (Å²) in [6.45, 7) is 1.51. The van der Waals surface area contributed by atoms with Gasteiger partial charge in [0.1, 0.15) is 5.75 Å². The quantitative estimate of drug-likeness (QED) is 0.649. The molecule has 0 aromatic heterocycles. The minimum atomic E-state index is 0.733. The van der Waals surface area contributed by atoms with Gasteiger partial charge in [-0.3, -0.25) is 0 Å². The predicted octanol–water partition coefficient (Wildman–Crippen LogP) is 5.52. The summed E-state index contributed by atoms with van der Waals surface area (Å²) in [5, 5.41) is 3.45. The number of rotatable bonds is 3. The first-order valence-electron chi connectivity index (χ1n) is 6.26. The van der Waals surface area contributed by atoms with Crippen molar-refractivity contribution in [2.75, 3.05) is 11.9 Å². The minimum absolute atomic E-state index is 0.733. The topological polar surface area (TPSA) is 21.3 Å². The van der Waals surface area contributed by atoms with Gasteiger partial charge in [0.25, 0.3) is 0 Å². The first-order valence-corrected chi connectivity index (χ1v) is 8.64. The number of halogens is 3. The molecule has 104 valence electrons. The lowest BCUT2D eigenvalue weighted by Crippen LogP contribution is -2.02. The number of hydrogen-bond acceptors (Lipinski definition) is 2. The highest BCUT2D eigenvalue weighted by molar-refractivity contribution is 9.11. The molecule has 20 heavy (non-hydrogen) atoms. The smallest absolute Gasteiger partial charge is 0.127 e. The van der Waals surface area contributed by atoms with Crippen molar-refractivity contribution in [1.29, 1.82) is 0 Å². The van der Waals surface area contributed by atoms with E-state index in [1.165, 1.54) is 11.1 Å². The van der Waals surface area contributed by atoms with Crippen molar-refractivity contribution < 1.29 is 4.74 Å². The van der Waals surface area contributed by atoms with Crippen LogP contribution >= 0.6 is 47.8 Å². The standard InChI is InChI=1S/C15H12Br3NO/c16-11-1-2-13(18)14(7-11)19-8-10-6-12(17)5-9-3-4-20-15(9)10/h1-2,5-7,19H,3-4,8H2. The Balaban J connectivity index is 1.84. The van der Waals surface area contributed by atoms with Gasteiger partial charge in [-0.05, 0) is 51.8 Å². The van der Waals surface area contributed by atoms with Crippen molar-refractivity contribution in [1.82, 2.24) is 0 Å². The van der Waals surface area contributed by atoms with Crippen LogP contribution in [0.25, 0.3) is 0 Å². The lowest BCUT2D eigenvalue weighted by atomic mass is 10.1. The Bertz CT molecular complexity index is 658. The van der Waals surface area contributed by atoms with E-state index in [9.17, 15) is 0 Å². The number of nitrogens with one attached hydrogen (secondary N) is 1. The molecule has 0 unspecified atom stereocenters. The molecule has 2 nitrogen and oxygen atoms in total. The van der Waals surface area contributed by atoms with Gasteiger partial charge < -0.3 is 10.1 Å². The molecule has 3 rings (SSSR count). The molecule has 5 heteroatoms. The molecule has 0 saturated carbocycles. The van der Waals surface area contributed by atoms with Gasteiger partial charge >= 0.3 is 0 Å². The maximum atomic E-state index is 5.75. The maximum absolute atomic E-state index is 5.75. The average molecular weight is 462 g/mol. The van der Waals surface area contributed by atoms with Crippen molar-refractivity contribution in [2.24, 2.45) is 0 Å². The number of fused-ring (bicyclic) bond motifs is 1. The fourth-order valence-electron chi connectivity index (χ4n) is 2.30. The average Bonchev–Trinajstić information content (AvgIpc) is 2.87. The molecule has 0 spiro atoms. The second-order valence-electron chi connectivity index (χ2n) is 4.63. The van der Waals surface area contributed by atoms with Crippen LogP contribution in [0.2, 0.25) is 0 Å². The molecule has 2 aromatic rings. The Kier molecular flexibility index (Phi) is 4.38. The van der Waals surface area contributed by atoms with E-state index in [0.29, 0.717) is 0 Å². The van der Waals surface area contributed by atoms with E-state index in [2.05, 4.69) is 71.3 Å². The zero-order chi connectivity index (χ0) is 14.1. The summed E-state index contributed by atoms with van der Waals surface area (Å²) in [5.74, 6) is 1.03. The van der Waals surface area contributed by atoms with E-state index in [0.717, 1.165) is 44.4 Å². The monoisotopic (exact) mass is 459 g/mol. The van der Waals surface area contributed by atoms with Gasteiger partial charge in [0.05, 0.1) is 6.61 Å². The van der Waals surface area contributed by atoms with Gasteiger partial charge in [0, 0.05) is 37.6 Å². The zero-order valence-electron chi connectivity index (χ0n) is 10.6. The van der Waals surface area contributed by atoms with Crippen LogP contribution in [0.1, 0.15) is 11.1 Å². The molecule has 0 bridgehead atoms. The fourth-order valence-corrected chi connectivity index (χ4v) is 3.60. The third-order valence-corrected chi connectivity index (χ3v) is 4.87. The molecule has 0 aliphatic carbocycles. The predicted molar refractivity (Wildman–Crippen MR) is 92.5 cm³/mol. The van der Waals surface area contributed by atoms with Crippen molar-refractivity contribution in [3.63, 3.8) is 0 Å². The van der Waals surface area contributed by atoms with Crippen molar-refractivity contribution in [3.05, 3.63) is 54.9 Å². The van der Waals surface area contributed by atoms with Crippen molar-refractivity contribution in [3.8, 4) is 5.75 Å². The highest BCUT2D eigenvalue weighted by atomic mass is 79.9. The summed E-state index contributed by atoms with van der Waals surface area (Å²) >= 11 is 10.6. The molecule has 0 atom stereocenters. The molecule has 1 aliphatic rings. The summed E-state index contributed by atoms with van der Waals surface area (Å²) in [4.78, 5) is 0. The lowest BCUT2D eigenvalue weighted by Gasteiger charge is -2.12. The molecule has 0 saturated heterocycles. The van der Waals surface area contributed by atoms with E-state index in [1.54, 1.807) is 0 Å². The summed E-state index contributed by atoms with van der Waals surface area (Å²) in [5.41, 5.74) is 3.52. The molecule has 2 aromatic carbocycles. The van der Waals surface area contributed by atoms with Gasteiger partial charge in [-0.1, -0.05) is 31.9 Å². The van der Waals surface area contributed by atoms with E-state index in [-0.39, 0.29) is 0 Å². The Morgan fingerprint density at radius 3 is 2.75 bits per heavy atom. The fraction of sp³-hybridized carbons (Fsp3) is 0.200. The first kappa shape index (κ1) is 14.4. The number of benzene rings is 2. The van der Waals surface area contributed by atoms with Crippen LogP contribution in [-0.4, -0.2) is 6.61 Å². The molecule has 0 radical (unpaired) electrons. The Hall–Kier alpha value is -0.520. The van der Waals surface area contributed by atoms with Crippen molar-refractivity contribution >= 4 is 53.5 Å². The summed E-state index contributed by atoms with van der Waals surface area (Å²) < 4.78 is 8.95. The molecule has 1 heterocycles. The van der Waals surface area contributed by atoms with E-state index in [1.807, 2.05) is 12.1 Å².